The molecule has 1 aliphatic rings. The molecule has 0 spiro atoms. The zero-order chi connectivity index (χ0) is 19.6. The van der Waals surface area contributed by atoms with Gasteiger partial charge in [0.15, 0.2) is 0 Å². The number of ether oxygens (including phenoxy) is 1. The van der Waals surface area contributed by atoms with Gasteiger partial charge in [-0.05, 0) is 48.6 Å². The number of aryl methyl sites for hydroxylation is 1. The normalized spacial score (nSPS) is 17.3. The highest BCUT2D eigenvalue weighted by molar-refractivity contribution is 5.99. The second-order valence-electron chi connectivity index (χ2n) is 7.92. The lowest BCUT2D eigenvalue weighted by atomic mass is 9.82. The van der Waals surface area contributed by atoms with Crippen molar-refractivity contribution in [2.75, 3.05) is 11.4 Å². The van der Waals surface area contributed by atoms with Crippen molar-refractivity contribution in [2.24, 2.45) is 5.92 Å². The number of nitrogens with zero attached hydrogens (tertiary/aromatic N) is 1. The van der Waals surface area contributed by atoms with E-state index >= 15 is 0 Å². The summed E-state index contributed by atoms with van der Waals surface area (Å²) in [6.45, 7) is 8.91. The van der Waals surface area contributed by atoms with Gasteiger partial charge < -0.3 is 9.64 Å². The summed E-state index contributed by atoms with van der Waals surface area (Å²) in [5.41, 5.74) is 3.27. The Morgan fingerprint density at radius 2 is 1.74 bits per heavy atom. The molecule has 0 radical (unpaired) electrons. The lowest BCUT2D eigenvalue weighted by Gasteiger charge is -2.23. The smallest absolute Gasteiger partial charge is 0.316 e. The average molecular weight is 365 g/mol. The van der Waals surface area contributed by atoms with Crippen LogP contribution in [0.15, 0.2) is 48.5 Å². The van der Waals surface area contributed by atoms with Gasteiger partial charge in [0, 0.05) is 18.7 Å². The first-order valence-corrected chi connectivity index (χ1v) is 9.49. The van der Waals surface area contributed by atoms with Crippen LogP contribution in [0.1, 0.15) is 44.7 Å². The molecule has 0 unspecified atom stereocenters. The van der Waals surface area contributed by atoms with Gasteiger partial charge in [0.25, 0.3) is 0 Å². The fourth-order valence-corrected chi connectivity index (χ4v) is 3.22. The zero-order valence-corrected chi connectivity index (χ0v) is 16.5. The Bertz CT molecular complexity index is 822. The molecule has 0 saturated carbocycles. The fourth-order valence-electron chi connectivity index (χ4n) is 3.22. The van der Waals surface area contributed by atoms with Crippen molar-refractivity contribution >= 4 is 17.6 Å². The van der Waals surface area contributed by atoms with E-state index in [9.17, 15) is 9.59 Å². The SMILES string of the molecule is CCC(C)(C)c1ccc(OC(=O)[C@H]2CC(=O)N(c3ccc(C)cc3)C2)cc1. The highest BCUT2D eigenvalue weighted by atomic mass is 16.5. The second-order valence-corrected chi connectivity index (χ2v) is 7.92. The molecule has 1 atom stereocenters. The van der Waals surface area contributed by atoms with Gasteiger partial charge in [-0.2, -0.15) is 0 Å². The molecule has 4 nitrogen and oxygen atoms in total. The van der Waals surface area contributed by atoms with Crippen molar-refractivity contribution in [3.8, 4) is 5.75 Å². The van der Waals surface area contributed by atoms with Crippen LogP contribution >= 0.6 is 0 Å². The van der Waals surface area contributed by atoms with Gasteiger partial charge in [-0.3, -0.25) is 9.59 Å². The topological polar surface area (TPSA) is 46.6 Å². The maximum Gasteiger partial charge on any atom is 0.316 e. The molecule has 0 aliphatic carbocycles. The molecule has 27 heavy (non-hydrogen) atoms. The van der Waals surface area contributed by atoms with Crippen molar-refractivity contribution in [1.82, 2.24) is 0 Å². The summed E-state index contributed by atoms with van der Waals surface area (Å²) in [5.74, 6) is -0.302. The Hall–Kier alpha value is -2.62. The number of carbonyl (C=O) groups is 2. The third-order valence-corrected chi connectivity index (χ3v) is 5.54. The first-order valence-electron chi connectivity index (χ1n) is 9.49. The van der Waals surface area contributed by atoms with Gasteiger partial charge in [-0.15, -0.1) is 0 Å². The number of esters is 1. The van der Waals surface area contributed by atoms with Crippen molar-refractivity contribution in [2.45, 2.75) is 46.0 Å². The molecular weight excluding hydrogens is 338 g/mol. The van der Waals surface area contributed by atoms with Crippen LogP contribution in [-0.2, 0) is 15.0 Å². The highest BCUT2D eigenvalue weighted by Gasteiger charge is 2.36. The van der Waals surface area contributed by atoms with Gasteiger partial charge in [0.05, 0.1) is 5.92 Å². The van der Waals surface area contributed by atoms with Crippen LogP contribution in [0.25, 0.3) is 0 Å². The molecule has 3 rings (SSSR count). The number of benzene rings is 2. The van der Waals surface area contributed by atoms with Crippen LogP contribution in [0.4, 0.5) is 5.69 Å². The van der Waals surface area contributed by atoms with E-state index in [0.29, 0.717) is 12.3 Å². The largest absolute Gasteiger partial charge is 0.426 e. The van der Waals surface area contributed by atoms with Crippen molar-refractivity contribution in [3.05, 3.63) is 59.7 Å². The lowest BCUT2D eigenvalue weighted by Crippen LogP contribution is -2.27. The summed E-state index contributed by atoms with van der Waals surface area (Å²) < 4.78 is 5.53. The second kappa shape index (κ2) is 7.55. The Morgan fingerprint density at radius 3 is 2.33 bits per heavy atom. The van der Waals surface area contributed by atoms with Crippen molar-refractivity contribution in [3.63, 3.8) is 0 Å². The maximum atomic E-state index is 12.5. The van der Waals surface area contributed by atoms with Gasteiger partial charge in [-0.25, -0.2) is 0 Å². The molecular formula is C23H27NO3. The predicted octanol–water partition coefficient (Wildman–Crippen LogP) is 4.64. The molecule has 142 valence electrons. The minimum absolute atomic E-state index is 0.0409. The quantitative estimate of drug-likeness (QED) is 0.573. The van der Waals surface area contributed by atoms with E-state index < -0.39 is 5.92 Å². The molecule has 0 N–H and O–H groups in total. The number of anilines is 1. The van der Waals surface area contributed by atoms with Crippen molar-refractivity contribution in [1.29, 1.82) is 0 Å². The van der Waals surface area contributed by atoms with Gasteiger partial charge in [-0.1, -0.05) is 50.6 Å². The van der Waals surface area contributed by atoms with Gasteiger partial charge in [0.2, 0.25) is 5.91 Å². The standard InChI is InChI=1S/C23H27NO3/c1-5-23(3,4)18-8-12-20(13-9-18)27-22(26)17-14-21(25)24(15-17)19-10-6-16(2)7-11-19/h6-13,17H,5,14-15H2,1-4H3/t17-/m0/s1. The lowest BCUT2D eigenvalue weighted by molar-refractivity contribution is -0.139. The molecule has 0 aromatic heterocycles. The van der Waals surface area contributed by atoms with E-state index in [1.807, 2.05) is 55.5 Å². The summed E-state index contributed by atoms with van der Waals surface area (Å²) in [6.07, 6.45) is 1.22. The monoisotopic (exact) mass is 365 g/mol. The van der Waals surface area contributed by atoms with E-state index in [0.717, 1.165) is 17.7 Å². The predicted molar refractivity (Wildman–Crippen MR) is 107 cm³/mol. The summed E-state index contributed by atoms with van der Waals surface area (Å²) in [4.78, 5) is 26.5. The average Bonchev–Trinajstić information content (AvgIpc) is 3.05. The number of hydrogen-bond donors (Lipinski definition) is 0. The Balaban J connectivity index is 1.65. The molecule has 2 aromatic rings. The zero-order valence-electron chi connectivity index (χ0n) is 16.5. The summed E-state index contributed by atoms with van der Waals surface area (Å²) in [6, 6.07) is 15.4. The molecule has 0 bridgehead atoms. The van der Waals surface area contributed by atoms with Crippen molar-refractivity contribution < 1.29 is 14.3 Å². The molecule has 1 aliphatic heterocycles. The number of carbonyl (C=O) groups excluding carboxylic acids is 2. The summed E-state index contributed by atoms with van der Waals surface area (Å²) in [5, 5.41) is 0. The molecule has 1 amide bonds. The Labute approximate surface area is 161 Å². The van der Waals surface area contributed by atoms with Crippen LogP contribution in [0.5, 0.6) is 5.75 Å². The van der Waals surface area contributed by atoms with Gasteiger partial charge >= 0.3 is 5.97 Å². The molecule has 1 fully saturated rings. The van der Waals surface area contributed by atoms with Crippen LogP contribution in [0, 0.1) is 12.8 Å². The maximum absolute atomic E-state index is 12.5. The molecule has 1 saturated heterocycles. The van der Waals surface area contributed by atoms with E-state index in [4.69, 9.17) is 4.74 Å². The minimum atomic E-state index is -0.439. The molecule has 1 heterocycles. The molecule has 2 aromatic carbocycles. The van der Waals surface area contributed by atoms with Gasteiger partial charge in [0.1, 0.15) is 5.75 Å². The number of hydrogen-bond acceptors (Lipinski definition) is 3. The first kappa shape index (κ1) is 19.2. The third-order valence-electron chi connectivity index (χ3n) is 5.54. The minimum Gasteiger partial charge on any atom is -0.426 e. The van der Waals surface area contributed by atoms with Crippen LogP contribution < -0.4 is 9.64 Å². The summed E-state index contributed by atoms with van der Waals surface area (Å²) in [7, 11) is 0. The van der Waals surface area contributed by atoms with Crippen LogP contribution in [-0.4, -0.2) is 18.4 Å². The van der Waals surface area contributed by atoms with Crippen LogP contribution in [0.3, 0.4) is 0 Å². The highest BCUT2D eigenvalue weighted by Crippen LogP contribution is 2.29. The number of amides is 1. The van der Waals surface area contributed by atoms with E-state index in [1.54, 1.807) is 4.90 Å². The van der Waals surface area contributed by atoms with E-state index in [2.05, 4.69) is 20.8 Å². The number of rotatable bonds is 5. The fraction of sp³-hybridized carbons (Fsp3) is 0.391. The van der Waals surface area contributed by atoms with Crippen LogP contribution in [0.2, 0.25) is 0 Å². The first-order chi connectivity index (χ1) is 12.8. The Morgan fingerprint density at radius 1 is 1.11 bits per heavy atom. The third kappa shape index (κ3) is 4.21. The summed E-state index contributed by atoms with van der Waals surface area (Å²) >= 11 is 0. The van der Waals surface area contributed by atoms with E-state index in [1.165, 1.54) is 5.56 Å². The molecule has 4 heteroatoms. The van der Waals surface area contributed by atoms with E-state index in [-0.39, 0.29) is 23.7 Å². The Kier molecular flexibility index (Phi) is 5.36.